The zero-order chi connectivity index (χ0) is 21.7. The fourth-order valence-corrected chi connectivity index (χ4v) is 4.76. The molecule has 1 aliphatic heterocycles. The minimum absolute atomic E-state index is 0.169. The molecule has 0 saturated carbocycles. The molecular formula is C20H28N6O3S. The maximum absolute atomic E-state index is 12.6. The largest absolute Gasteiger partial charge is 0.354 e. The van der Waals surface area contributed by atoms with Gasteiger partial charge in [0.25, 0.3) is 5.91 Å². The summed E-state index contributed by atoms with van der Waals surface area (Å²) in [6, 6.07) is 7.68. The smallest absolute Gasteiger partial charge is 0.256 e. The number of carbonyl (C=O) groups is 1. The minimum Gasteiger partial charge on any atom is -0.354 e. The summed E-state index contributed by atoms with van der Waals surface area (Å²) in [6.45, 7) is 8.01. The molecule has 9 nitrogen and oxygen atoms in total. The van der Waals surface area contributed by atoms with E-state index >= 15 is 0 Å². The molecule has 0 aliphatic carbocycles. The van der Waals surface area contributed by atoms with Gasteiger partial charge in [-0.15, -0.1) is 0 Å². The number of sulfonamides is 1. The number of nitrogens with zero attached hydrogens (tertiary/aromatic N) is 5. The molecule has 0 atom stereocenters. The Labute approximate surface area is 177 Å². The molecule has 1 saturated heterocycles. The first-order valence-electron chi connectivity index (χ1n) is 10.0. The normalized spacial score (nSPS) is 15.4. The van der Waals surface area contributed by atoms with Crippen molar-refractivity contribution in [3.8, 4) is 0 Å². The van der Waals surface area contributed by atoms with Crippen LogP contribution in [0.15, 0.2) is 41.6 Å². The number of rotatable bonds is 7. The fourth-order valence-electron chi connectivity index (χ4n) is 3.30. The monoisotopic (exact) mass is 432 g/mol. The third-order valence-corrected chi connectivity index (χ3v) is 7.25. The molecule has 162 valence electrons. The van der Waals surface area contributed by atoms with Crippen molar-refractivity contribution >= 4 is 27.6 Å². The van der Waals surface area contributed by atoms with Crippen LogP contribution in [0.5, 0.6) is 0 Å². The van der Waals surface area contributed by atoms with Crippen LogP contribution in [0.3, 0.4) is 0 Å². The molecule has 30 heavy (non-hydrogen) atoms. The van der Waals surface area contributed by atoms with Crippen LogP contribution in [-0.4, -0.2) is 79.8 Å². The Balaban J connectivity index is 1.70. The lowest BCUT2D eigenvalue weighted by molar-refractivity contribution is 0.102. The van der Waals surface area contributed by atoms with Crippen molar-refractivity contribution < 1.29 is 13.2 Å². The molecule has 3 rings (SSSR count). The number of piperazine rings is 1. The number of amides is 1. The van der Waals surface area contributed by atoms with Crippen molar-refractivity contribution in [2.75, 3.05) is 56.5 Å². The summed E-state index contributed by atoms with van der Waals surface area (Å²) < 4.78 is 26.5. The van der Waals surface area contributed by atoms with Gasteiger partial charge in [-0.25, -0.2) is 18.4 Å². The SMILES string of the molecule is CCN(CC)S(=O)(=O)c1ccc(C(=O)Nc2cc(N3CCN(C)CC3)ncn2)cc1. The maximum atomic E-state index is 12.6. The highest BCUT2D eigenvalue weighted by atomic mass is 32.2. The van der Waals surface area contributed by atoms with Crippen LogP contribution in [0, 0.1) is 0 Å². The zero-order valence-electron chi connectivity index (χ0n) is 17.6. The van der Waals surface area contributed by atoms with Gasteiger partial charge in [0.15, 0.2) is 0 Å². The van der Waals surface area contributed by atoms with Crippen molar-refractivity contribution in [1.29, 1.82) is 0 Å². The number of anilines is 2. The molecule has 0 bridgehead atoms. The van der Waals surface area contributed by atoms with Crippen LogP contribution in [0.1, 0.15) is 24.2 Å². The van der Waals surface area contributed by atoms with Crippen LogP contribution in [0.2, 0.25) is 0 Å². The van der Waals surface area contributed by atoms with Crippen LogP contribution < -0.4 is 10.2 Å². The highest BCUT2D eigenvalue weighted by Gasteiger charge is 2.22. The van der Waals surface area contributed by atoms with Crippen molar-refractivity contribution in [2.24, 2.45) is 0 Å². The molecule has 2 heterocycles. The van der Waals surface area contributed by atoms with Crippen molar-refractivity contribution in [3.63, 3.8) is 0 Å². The second kappa shape index (κ2) is 9.50. The van der Waals surface area contributed by atoms with E-state index in [1.54, 1.807) is 19.9 Å². The molecular weight excluding hydrogens is 404 g/mol. The fraction of sp³-hybridized carbons (Fsp3) is 0.450. The van der Waals surface area contributed by atoms with E-state index in [0.29, 0.717) is 24.5 Å². The standard InChI is InChI=1S/C20H28N6O3S/c1-4-26(5-2)30(28,29)17-8-6-16(7-9-17)20(27)23-18-14-19(22-15-21-18)25-12-10-24(3)11-13-25/h6-9,14-15H,4-5,10-13H2,1-3H3,(H,21,22,23,27). The first-order valence-corrected chi connectivity index (χ1v) is 11.5. The minimum atomic E-state index is -3.55. The average molecular weight is 433 g/mol. The van der Waals surface area contributed by atoms with E-state index in [0.717, 1.165) is 32.0 Å². The van der Waals surface area contributed by atoms with Crippen LogP contribution in [0.25, 0.3) is 0 Å². The number of benzene rings is 1. The number of hydrogen-bond acceptors (Lipinski definition) is 7. The number of carbonyl (C=O) groups excluding carboxylic acids is 1. The number of hydrogen-bond donors (Lipinski definition) is 1. The first-order chi connectivity index (χ1) is 14.3. The summed E-state index contributed by atoms with van der Waals surface area (Å²) in [5, 5.41) is 2.76. The summed E-state index contributed by atoms with van der Waals surface area (Å²) in [7, 11) is -1.47. The first kappa shape index (κ1) is 22.1. The van der Waals surface area contributed by atoms with Gasteiger partial charge in [-0.05, 0) is 31.3 Å². The molecule has 0 spiro atoms. The Morgan fingerprint density at radius 3 is 2.30 bits per heavy atom. The second-order valence-corrected chi connectivity index (χ2v) is 9.06. The van der Waals surface area contributed by atoms with Gasteiger partial charge in [0.1, 0.15) is 18.0 Å². The number of aromatic nitrogens is 2. The summed E-state index contributed by atoms with van der Waals surface area (Å²) in [4.78, 5) is 25.6. The van der Waals surface area contributed by atoms with E-state index in [4.69, 9.17) is 0 Å². The summed E-state index contributed by atoms with van der Waals surface area (Å²) >= 11 is 0. The summed E-state index contributed by atoms with van der Waals surface area (Å²) in [5.41, 5.74) is 0.355. The summed E-state index contributed by atoms with van der Waals surface area (Å²) in [6.07, 6.45) is 1.43. The van der Waals surface area contributed by atoms with Crippen LogP contribution in [0.4, 0.5) is 11.6 Å². The second-order valence-electron chi connectivity index (χ2n) is 7.12. The third kappa shape index (κ3) is 4.94. The Hall–Kier alpha value is -2.56. The molecule has 1 N–H and O–H groups in total. The lowest BCUT2D eigenvalue weighted by Gasteiger charge is -2.33. The zero-order valence-corrected chi connectivity index (χ0v) is 18.4. The molecule has 0 unspecified atom stereocenters. The molecule has 1 aromatic heterocycles. The number of nitrogens with one attached hydrogen (secondary N) is 1. The van der Waals surface area contributed by atoms with Gasteiger partial charge in [-0.3, -0.25) is 4.79 Å². The van der Waals surface area contributed by atoms with Gasteiger partial charge >= 0.3 is 0 Å². The van der Waals surface area contributed by atoms with E-state index in [2.05, 4.69) is 32.1 Å². The topological polar surface area (TPSA) is 98.7 Å². The Kier molecular flexibility index (Phi) is 7.01. The quantitative estimate of drug-likeness (QED) is 0.708. The maximum Gasteiger partial charge on any atom is 0.256 e. The van der Waals surface area contributed by atoms with E-state index in [1.165, 1.54) is 34.9 Å². The predicted octanol–water partition coefficient (Wildman–Crippen LogP) is 1.51. The van der Waals surface area contributed by atoms with Gasteiger partial charge < -0.3 is 15.1 Å². The Bertz CT molecular complexity index is 968. The Morgan fingerprint density at radius 1 is 1.07 bits per heavy atom. The van der Waals surface area contributed by atoms with Crippen LogP contribution in [-0.2, 0) is 10.0 Å². The number of likely N-dealkylation sites (N-methyl/N-ethyl adjacent to an activating group) is 1. The van der Waals surface area contributed by atoms with Gasteiger partial charge in [-0.2, -0.15) is 4.31 Å². The van der Waals surface area contributed by atoms with E-state index in [1.807, 2.05) is 0 Å². The Morgan fingerprint density at radius 2 is 1.70 bits per heavy atom. The van der Waals surface area contributed by atoms with Gasteiger partial charge in [-0.1, -0.05) is 13.8 Å². The van der Waals surface area contributed by atoms with Gasteiger partial charge in [0.05, 0.1) is 4.90 Å². The van der Waals surface area contributed by atoms with Crippen LogP contribution >= 0.6 is 0 Å². The molecule has 10 heteroatoms. The lowest BCUT2D eigenvalue weighted by Crippen LogP contribution is -2.44. The predicted molar refractivity (Wildman–Crippen MR) is 116 cm³/mol. The summed E-state index contributed by atoms with van der Waals surface area (Å²) in [5.74, 6) is 0.822. The molecule has 2 aromatic rings. The molecule has 1 aromatic carbocycles. The van der Waals surface area contributed by atoms with Crippen molar-refractivity contribution in [3.05, 3.63) is 42.2 Å². The van der Waals surface area contributed by atoms with Crippen molar-refractivity contribution in [1.82, 2.24) is 19.2 Å². The van der Waals surface area contributed by atoms with Crippen molar-refractivity contribution in [2.45, 2.75) is 18.7 Å². The average Bonchev–Trinajstić information content (AvgIpc) is 2.75. The van der Waals surface area contributed by atoms with E-state index < -0.39 is 10.0 Å². The third-order valence-electron chi connectivity index (χ3n) is 5.18. The van der Waals surface area contributed by atoms with Gasteiger partial charge in [0, 0.05) is 50.9 Å². The van der Waals surface area contributed by atoms with E-state index in [9.17, 15) is 13.2 Å². The highest BCUT2D eigenvalue weighted by molar-refractivity contribution is 7.89. The molecule has 0 radical (unpaired) electrons. The molecule has 1 fully saturated rings. The molecule has 1 amide bonds. The highest BCUT2D eigenvalue weighted by Crippen LogP contribution is 2.19. The van der Waals surface area contributed by atoms with Gasteiger partial charge in [0.2, 0.25) is 10.0 Å². The molecule has 1 aliphatic rings. The lowest BCUT2D eigenvalue weighted by atomic mass is 10.2. The van der Waals surface area contributed by atoms with E-state index in [-0.39, 0.29) is 10.8 Å².